The number of hydrogen-bond donors (Lipinski definition) is 1. The lowest BCUT2D eigenvalue weighted by atomic mass is 10.2. The molecule has 4 nitrogen and oxygen atoms in total. The van der Waals surface area contributed by atoms with Crippen LogP contribution in [0.5, 0.6) is 0 Å². The van der Waals surface area contributed by atoms with E-state index in [1.807, 2.05) is 30.3 Å². The summed E-state index contributed by atoms with van der Waals surface area (Å²) in [4.78, 5) is 11.1. The zero-order chi connectivity index (χ0) is 13.2. The molecule has 0 aliphatic carbocycles. The van der Waals surface area contributed by atoms with Crippen LogP contribution in [-0.4, -0.2) is 30.4 Å². The fourth-order valence-electron chi connectivity index (χ4n) is 1.32. The molecule has 98 valence electrons. The number of ether oxygens (including phenoxy) is 2. The maximum atomic E-state index is 11.1. The molecule has 0 saturated carbocycles. The summed E-state index contributed by atoms with van der Waals surface area (Å²) in [5.74, 6) is -0.431. The van der Waals surface area contributed by atoms with Crippen molar-refractivity contribution in [3.05, 3.63) is 48.0 Å². The molecule has 0 saturated heterocycles. The third-order valence-electron chi connectivity index (χ3n) is 2.22. The van der Waals surface area contributed by atoms with Crippen LogP contribution in [-0.2, 0) is 20.9 Å². The van der Waals surface area contributed by atoms with Gasteiger partial charge in [-0.3, -0.25) is 0 Å². The van der Waals surface area contributed by atoms with Crippen molar-refractivity contribution in [1.29, 1.82) is 0 Å². The number of esters is 1. The summed E-state index contributed by atoms with van der Waals surface area (Å²) in [6, 6.07) is 9.63. The maximum absolute atomic E-state index is 11.1. The van der Waals surface area contributed by atoms with Crippen LogP contribution in [0, 0.1) is 0 Å². The molecule has 0 spiro atoms. The Bertz CT molecular complexity index is 373. The zero-order valence-corrected chi connectivity index (χ0v) is 10.4. The van der Waals surface area contributed by atoms with Gasteiger partial charge in [-0.2, -0.15) is 0 Å². The third-order valence-corrected chi connectivity index (χ3v) is 2.22. The fourth-order valence-corrected chi connectivity index (χ4v) is 1.32. The van der Waals surface area contributed by atoms with Gasteiger partial charge in [0.1, 0.15) is 0 Å². The van der Waals surface area contributed by atoms with Gasteiger partial charge in [-0.15, -0.1) is 0 Å². The minimum absolute atomic E-state index is 0.178. The van der Waals surface area contributed by atoms with Gasteiger partial charge in [-0.25, -0.2) is 4.79 Å². The first-order chi connectivity index (χ1) is 8.76. The Hall–Kier alpha value is -1.65. The summed E-state index contributed by atoms with van der Waals surface area (Å²) in [7, 11) is 0. The van der Waals surface area contributed by atoms with Gasteiger partial charge in [0.2, 0.25) is 0 Å². The Morgan fingerprint density at radius 2 is 2.11 bits per heavy atom. The van der Waals surface area contributed by atoms with Crippen LogP contribution in [0.2, 0.25) is 0 Å². The van der Waals surface area contributed by atoms with E-state index in [1.54, 1.807) is 6.92 Å². The van der Waals surface area contributed by atoms with Gasteiger partial charge in [0, 0.05) is 6.08 Å². The first-order valence-corrected chi connectivity index (χ1v) is 5.87. The second-order valence-corrected chi connectivity index (χ2v) is 3.63. The molecule has 4 heteroatoms. The lowest BCUT2D eigenvalue weighted by Crippen LogP contribution is -2.15. The largest absolute Gasteiger partial charge is 0.463 e. The molecule has 0 aromatic heterocycles. The second kappa shape index (κ2) is 8.44. The van der Waals surface area contributed by atoms with Crippen molar-refractivity contribution in [3.63, 3.8) is 0 Å². The SMILES string of the molecule is CCOC(=O)/C=C/[C@H](CO)OCc1ccccc1. The summed E-state index contributed by atoms with van der Waals surface area (Å²) in [6.07, 6.45) is 2.27. The van der Waals surface area contributed by atoms with Crippen LogP contribution in [0.25, 0.3) is 0 Å². The second-order valence-electron chi connectivity index (χ2n) is 3.63. The van der Waals surface area contributed by atoms with Crippen molar-refractivity contribution in [2.24, 2.45) is 0 Å². The van der Waals surface area contributed by atoms with Gasteiger partial charge in [-0.05, 0) is 18.6 Å². The lowest BCUT2D eigenvalue weighted by Gasteiger charge is -2.11. The monoisotopic (exact) mass is 250 g/mol. The predicted molar refractivity (Wildman–Crippen MR) is 67.9 cm³/mol. The molecular formula is C14H18O4. The minimum Gasteiger partial charge on any atom is -0.463 e. The third kappa shape index (κ3) is 5.61. The van der Waals surface area contributed by atoms with Crippen molar-refractivity contribution >= 4 is 5.97 Å². The van der Waals surface area contributed by atoms with Crippen molar-refractivity contribution in [3.8, 4) is 0 Å². The Morgan fingerprint density at radius 3 is 2.72 bits per heavy atom. The van der Waals surface area contributed by atoms with E-state index >= 15 is 0 Å². The molecule has 0 fully saturated rings. The first-order valence-electron chi connectivity index (χ1n) is 5.87. The molecule has 0 radical (unpaired) electrons. The molecule has 0 amide bonds. The molecule has 0 bridgehead atoms. The van der Waals surface area contributed by atoms with Gasteiger partial charge >= 0.3 is 5.97 Å². The molecule has 1 aromatic carbocycles. The highest BCUT2D eigenvalue weighted by Crippen LogP contribution is 2.04. The smallest absolute Gasteiger partial charge is 0.330 e. The van der Waals surface area contributed by atoms with E-state index in [-0.39, 0.29) is 6.61 Å². The van der Waals surface area contributed by atoms with Crippen LogP contribution in [0.15, 0.2) is 42.5 Å². The van der Waals surface area contributed by atoms with Crippen molar-refractivity contribution in [2.75, 3.05) is 13.2 Å². The molecule has 0 aliphatic heterocycles. The standard InChI is InChI=1S/C14H18O4/c1-2-17-14(16)9-8-13(10-15)18-11-12-6-4-3-5-7-12/h3-9,13,15H,2,10-11H2,1H3/b9-8+/t13-/m1/s1. The molecule has 0 heterocycles. The number of hydrogen-bond acceptors (Lipinski definition) is 4. The lowest BCUT2D eigenvalue weighted by molar-refractivity contribution is -0.137. The van der Waals surface area contributed by atoms with Gasteiger partial charge in [0.25, 0.3) is 0 Å². The van der Waals surface area contributed by atoms with Crippen molar-refractivity contribution in [1.82, 2.24) is 0 Å². The van der Waals surface area contributed by atoms with Crippen LogP contribution in [0.3, 0.4) is 0 Å². The molecular weight excluding hydrogens is 232 g/mol. The number of rotatable bonds is 7. The van der Waals surface area contributed by atoms with E-state index in [9.17, 15) is 4.79 Å². The highest BCUT2D eigenvalue weighted by molar-refractivity contribution is 5.81. The summed E-state index contributed by atoms with van der Waals surface area (Å²) >= 11 is 0. The van der Waals surface area contributed by atoms with Gasteiger partial charge in [0.15, 0.2) is 0 Å². The number of carbonyl (C=O) groups excluding carboxylic acids is 1. The van der Waals surface area contributed by atoms with Crippen LogP contribution >= 0.6 is 0 Å². The van der Waals surface area contributed by atoms with Crippen molar-refractivity contribution in [2.45, 2.75) is 19.6 Å². The van der Waals surface area contributed by atoms with Gasteiger partial charge in [-0.1, -0.05) is 30.3 Å². The Kier molecular flexibility index (Phi) is 6.76. The van der Waals surface area contributed by atoms with Crippen LogP contribution in [0.1, 0.15) is 12.5 Å². The first kappa shape index (κ1) is 14.4. The number of aliphatic hydroxyl groups excluding tert-OH is 1. The molecule has 1 atom stereocenters. The predicted octanol–water partition coefficient (Wildman–Crippen LogP) is 1.68. The number of aliphatic hydroxyl groups is 1. The minimum atomic E-state index is -0.505. The average molecular weight is 250 g/mol. The highest BCUT2D eigenvalue weighted by atomic mass is 16.5. The molecule has 1 rings (SSSR count). The normalized spacial score (nSPS) is 12.6. The van der Waals surface area contributed by atoms with Crippen molar-refractivity contribution < 1.29 is 19.4 Å². The molecule has 18 heavy (non-hydrogen) atoms. The van der Waals surface area contributed by atoms with E-state index in [0.29, 0.717) is 13.2 Å². The molecule has 0 unspecified atom stereocenters. The quantitative estimate of drug-likeness (QED) is 0.591. The van der Waals surface area contributed by atoms with Crippen LogP contribution in [0.4, 0.5) is 0 Å². The van der Waals surface area contributed by atoms with Gasteiger partial charge < -0.3 is 14.6 Å². The number of carbonyl (C=O) groups is 1. The topological polar surface area (TPSA) is 55.8 Å². The summed E-state index contributed by atoms with van der Waals surface area (Å²) in [5.41, 5.74) is 1.01. The van der Waals surface area contributed by atoms with E-state index in [4.69, 9.17) is 14.6 Å². The summed E-state index contributed by atoms with van der Waals surface area (Å²) < 4.78 is 10.2. The van der Waals surface area contributed by atoms with E-state index in [1.165, 1.54) is 12.2 Å². The zero-order valence-electron chi connectivity index (χ0n) is 10.4. The molecule has 1 aromatic rings. The Morgan fingerprint density at radius 1 is 1.39 bits per heavy atom. The highest BCUT2D eigenvalue weighted by Gasteiger charge is 2.05. The Balaban J connectivity index is 2.40. The summed E-state index contributed by atoms with van der Waals surface area (Å²) in [5, 5.41) is 9.12. The van der Waals surface area contributed by atoms with Crippen LogP contribution < -0.4 is 0 Å². The van der Waals surface area contributed by atoms with E-state index < -0.39 is 12.1 Å². The maximum Gasteiger partial charge on any atom is 0.330 e. The molecule has 0 aliphatic rings. The molecule has 1 N–H and O–H groups in total. The number of benzene rings is 1. The summed E-state index contributed by atoms with van der Waals surface area (Å²) in [6.45, 7) is 2.28. The van der Waals surface area contributed by atoms with E-state index in [2.05, 4.69) is 0 Å². The van der Waals surface area contributed by atoms with Gasteiger partial charge in [0.05, 0.1) is 25.9 Å². The fraction of sp³-hybridized carbons (Fsp3) is 0.357. The Labute approximate surface area is 107 Å². The average Bonchev–Trinajstić information content (AvgIpc) is 2.40. The van der Waals surface area contributed by atoms with E-state index in [0.717, 1.165) is 5.56 Å².